The van der Waals surface area contributed by atoms with Crippen molar-refractivity contribution in [2.24, 2.45) is 5.73 Å². The highest BCUT2D eigenvalue weighted by Gasteiger charge is 2.16. The number of hydrogen-bond donors (Lipinski definition) is 2. The lowest BCUT2D eigenvalue weighted by atomic mass is 10.0. The van der Waals surface area contributed by atoms with Gasteiger partial charge >= 0.3 is 0 Å². The number of para-hydroxylation sites is 2. The predicted octanol–water partition coefficient (Wildman–Crippen LogP) is 5.49. The number of nitrogens with two attached hydrogens (primary N) is 1. The van der Waals surface area contributed by atoms with Crippen LogP contribution in [0.3, 0.4) is 0 Å². The van der Waals surface area contributed by atoms with E-state index in [0.717, 1.165) is 25.8 Å². The maximum Gasteiger partial charge on any atom is 0.256 e. The SMILES string of the molecule is NC(=O)CSc1ccccc1NC(=O)c1cc(-c2ccc(Br)cc2)nc2ccccc12. The zero-order valence-electron chi connectivity index (χ0n) is 16.3. The Morgan fingerprint density at radius 3 is 2.45 bits per heavy atom. The van der Waals surface area contributed by atoms with Gasteiger partial charge in [0.2, 0.25) is 5.91 Å². The van der Waals surface area contributed by atoms with Crippen LogP contribution in [0.4, 0.5) is 5.69 Å². The Morgan fingerprint density at radius 2 is 1.68 bits per heavy atom. The van der Waals surface area contributed by atoms with Gasteiger partial charge in [0.25, 0.3) is 5.91 Å². The number of carbonyl (C=O) groups excluding carboxylic acids is 2. The average molecular weight is 492 g/mol. The molecule has 0 unspecified atom stereocenters. The summed E-state index contributed by atoms with van der Waals surface area (Å²) in [6, 6.07) is 24.5. The van der Waals surface area contributed by atoms with Crippen LogP contribution in [0, 0.1) is 0 Å². The summed E-state index contributed by atoms with van der Waals surface area (Å²) >= 11 is 4.74. The number of benzene rings is 3. The lowest BCUT2D eigenvalue weighted by Crippen LogP contribution is -2.15. The fourth-order valence-corrected chi connectivity index (χ4v) is 4.18. The van der Waals surface area contributed by atoms with Gasteiger partial charge in [-0.05, 0) is 36.4 Å². The Hall–Kier alpha value is -3.16. The molecule has 7 heteroatoms. The zero-order valence-corrected chi connectivity index (χ0v) is 18.7. The van der Waals surface area contributed by atoms with Gasteiger partial charge in [-0.1, -0.05) is 58.4 Å². The third-order valence-electron chi connectivity index (χ3n) is 4.61. The lowest BCUT2D eigenvalue weighted by molar-refractivity contribution is -0.115. The van der Waals surface area contributed by atoms with E-state index in [9.17, 15) is 9.59 Å². The number of hydrogen-bond acceptors (Lipinski definition) is 4. The van der Waals surface area contributed by atoms with Crippen LogP contribution in [0.15, 0.2) is 88.2 Å². The summed E-state index contributed by atoms with van der Waals surface area (Å²) in [4.78, 5) is 30.0. The molecule has 0 radical (unpaired) electrons. The molecule has 5 nitrogen and oxygen atoms in total. The third kappa shape index (κ3) is 4.95. The van der Waals surface area contributed by atoms with Gasteiger partial charge in [-0.2, -0.15) is 0 Å². The van der Waals surface area contributed by atoms with Gasteiger partial charge in [-0.15, -0.1) is 11.8 Å². The first-order chi connectivity index (χ1) is 15.0. The van der Waals surface area contributed by atoms with E-state index in [1.54, 1.807) is 12.1 Å². The Bertz CT molecular complexity index is 1280. The standard InChI is InChI=1S/C24H18BrN3O2S/c25-16-11-9-15(10-12-16)21-13-18(17-5-1-2-6-19(17)27-21)24(30)28-20-7-3-4-8-22(20)31-14-23(26)29/h1-13H,14H2,(H2,26,29)(H,28,30). The van der Waals surface area contributed by atoms with Crippen molar-refractivity contribution in [3.05, 3.63) is 88.9 Å². The molecule has 0 saturated heterocycles. The van der Waals surface area contributed by atoms with Crippen LogP contribution >= 0.6 is 27.7 Å². The lowest BCUT2D eigenvalue weighted by Gasteiger charge is -2.13. The molecule has 0 saturated carbocycles. The number of anilines is 1. The van der Waals surface area contributed by atoms with Crippen molar-refractivity contribution in [2.75, 3.05) is 11.1 Å². The van der Waals surface area contributed by atoms with E-state index >= 15 is 0 Å². The van der Waals surface area contributed by atoms with Gasteiger partial charge in [0.15, 0.2) is 0 Å². The minimum Gasteiger partial charge on any atom is -0.369 e. The highest BCUT2D eigenvalue weighted by molar-refractivity contribution is 9.10. The minimum absolute atomic E-state index is 0.138. The van der Waals surface area contributed by atoms with Crippen LogP contribution in [-0.2, 0) is 4.79 Å². The number of rotatable bonds is 6. The van der Waals surface area contributed by atoms with E-state index in [-0.39, 0.29) is 11.7 Å². The fraction of sp³-hybridized carbons (Fsp3) is 0.0417. The molecule has 0 fully saturated rings. The molecule has 0 aliphatic heterocycles. The summed E-state index contributed by atoms with van der Waals surface area (Å²) in [5.41, 5.74) is 8.80. The molecule has 4 rings (SSSR count). The number of nitrogens with one attached hydrogen (secondary N) is 1. The van der Waals surface area contributed by atoms with E-state index in [1.807, 2.05) is 66.7 Å². The first kappa shape index (κ1) is 21.1. The first-order valence-corrected chi connectivity index (χ1v) is 11.3. The predicted molar refractivity (Wildman–Crippen MR) is 129 cm³/mol. The zero-order chi connectivity index (χ0) is 21.8. The first-order valence-electron chi connectivity index (χ1n) is 9.48. The highest BCUT2D eigenvalue weighted by atomic mass is 79.9. The molecular weight excluding hydrogens is 474 g/mol. The number of fused-ring (bicyclic) bond motifs is 1. The van der Waals surface area contributed by atoms with Gasteiger partial charge in [0, 0.05) is 20.3 Å². The second kappa shape index (κ2) is 9.32. The molecule has 0 atom stereocenters. The van der Waals surface area contributed by atoms with Gasteiger partial charge in [0.1, 0.15) is 0 Å². The number of nitrogens with zero attached hydrogens (tertiary/aromatic N) is 1. The van der Waals surface area contributed by atoms with Crippen molar-refractivity contribution in [1.29, 1.82) is 0 Å². The van der Waals surface area contributed by atoms with Crippen molar-refractivity contribution >= 4 is 56.1 Å². The van der Waals surface area contributed by atoms with Crippen LogP contribution in [0.5, 0.6) is 0 Å². The molecule has 3 N–H and O–H groups in total. The molecule has 0 aliphatic carbocycles. The minimum atomic E-state index is -0.412. The van der Waals surface area contributed by atoms with Crippen LogP contribution in [0.25, 0.3) is 22.2 Å². The molecule has 3 aromatic carbocycles. The molecule has 0 aliphatic rings. The van der Waals surface area contributed by atoms with E-state index in [0.29, 0.717) is 16.9 Å². The topological polar surface area (TPSA) is 85.1 Å². The van der Waals surface area contributed by atoms with E-state index in [2.05, 4.69) is 21.2 Å². The summed E-state index contributed by atoms with van der Waals surface area (Å²) < 4.78 is 0.972. The van der Waals surface area contributed by atoms with E-state index in [1.165, 1.54) is 11.8 Å². The summed E-state index contributed by atoms with van der Waals surface area (Å²) in [5, 5.41) is 3.75. The molecule has 4 aromatic rings. The molecule has 0 bridgehead atoms. The fourth-order valence-electron chi connectivity index (χ4n) is 3.17. The molecule has 154 valence electrons. The normalized spacial score (nSPS) is 10.7. The number of aromatic nitrogens is 1. The van der Waals surface area contributed by atoms with Crippen molar-refractivity contribution in [3.8, 4) is 11.3 Å². The Balaban J connectivity index is 1.73. The Morgan fingerprint density at radius 1 is 0.968 bits per heavy atom. The average Bonchev–Trinajstić information content (AvgIpc) is 2.78. The van der Waals surface area contributed by atoms with Crippen LogP contribution < -0.4 is 11.1 Å². The van der Waals surface area contributed by atoms with E-state index < -0.39 is 5.91 Å². The maximum absolute atomic E-state index is 13.3. The number of thioether (sulfide) groups is 1. The quantitative estimate of drug-likeness (QED) is 0.349. The number of amides is 2. The van der Waals surface area contributed by atoms with Crippen LogP contribution in [-0.4, -0.2) is 22.6 Å². The summed E-state index contributed by atoms with van der Waals surface area (Å²) in [6.07, 6.45) is 0. The van der Waals surface area contributed by atoms with Crippen LogP contribution in [0.2, 0.25) is 0 Å². The molecule has 1 aromatic heterocycles. The molecule has 0 spiro atoms. The van der Waals surface area contributed by atoms with Gasteiger partial charge < -0.3 is 11.1 Å². The summed E-state index contributed by atoms with van der Waals surface area (Å²) in [7, 11) is 0. The molecular formula is C24H18BrN3O2S. The highest BCUT2D eigenvalue weighted by Crippen LogP contribution is 2.29. The number of halogens is 1. The number of primary amides is 1. The number of pyridine rings is 1. The second-order valence-corrected chi connectivity index (χ2v) is 8.72. The van der Waals surface area contributed by atoms with Crippen molar-refractivity contribution in [3.63, 3.8) is 0 Å². The van der Waals surface area contributed by atoms with Crippen molar-refractivity contribution < 1.29 is 9.59 Å². The van der Waals surface area contributed by atoms with Crippen LogP contribution in [0.1, 0.15) is 10.4 Å². The molecule has 2 amide bonds. The molecule has 31 heavy (non-hydrogen) atoms. The smallest absolute Gasteiger partial charge is 0.256 e. The van der Waals surface area contributed by atoms with Gasteiger partial charge in [0.05, 0.1) is 28.2 Å². The molecule has 1 heterocycles. The van der Waals surface area contributed by atoms with Crippen molar-refractivity contribution in [1.82, 2.24) is 4.98 Å². The van der Waals surface area contributed by atoms with Crippen molar-refractivity contribution in [2.45, 2.75) is 4.90 Å². The largest absolute Gasteiger partial charge is 0.369 e. The summed E-state index contributed by atoms with van der Waals surface area (Å²) in [5.74, 6) is -0.520. The third-order valence-corrected chi connectivity index (χ3v) is 6.23. The Labute approximate surface area is 192 Å². The van der Waals surface area contributed by atoms with E-state index in [4.69, 9.17) is 10.7 Å². The number of carbonyl (C=O) groups is 2. The monoisotopic (exact) mass is 491 g/mol. The van der Waals surface area contributed by atoms with Gasteiger partial charge in [-0.25, -0.2) is 4.98 Å². The Kier molecular flexibility index (Phi) is 6.34. The second-order valence-electron chi connectivity index (χ2n) is 6.78. The summed E-state index contributed by atoms with van der Waals surface area (Å²) in [6.45, 7) is 0. The maximum atomic E-state index is 13.3. The van der Waals surface area contributed by atoms with Gasteiger partial charge in [-0.3, -0.25) is 9.59 Å².